The fourth-order valence-electron chi connectivity index (χ4n) is 2.58. The van der Waals surface area contributed by atoms with Crippen LogP contribution in [0.4, 0.5) is 13.2 Å². The second kappa shape index (κ2) is 6.26. The third kappa shape index (κ3) is 2.95. The van der Waals surface area contributed by atoms with Crippen molar-refractivity contribution in [3.8, 4) is 0 Å². The van der Waals surface area contributed by atoms with E-state index in [1.54, 1.807) is 0 Å². The predicted octanol–water partition coefficient (Wildman–Crippen LogP) is 2.45. The highest BCUT2D eigenvalue weighted by atomic mass is 19.1. The normalized spacial score (nSPS) is 19.8. The van der Waals surface area contributed by atoms with Crippen LogP contribution in [-0.2, 0) is 0 Å². The fraction of sp³-hybridized carbons (Fsp3) is 0.500. The van der Waals surface area contributed by atoms with E-state index in [9.17, 15) is 18.0 Å². The lowest BCUT2D eigenvalue weighted by molar-refractivity contribution is 0.0679. The van der Waals surface area contributed by atoms with E-state index in [4.69, 9.17) is 5.73 Å². The summed E-state index contributed by atoms with van der Waals surface area (Å²) in [5.74, 6) is -4.14. The monoisotopic (exact) mass is 286 g/mol. The molecule has 2 N–H and O–H groups in total. The molecule has 0 bridgehead atoms. The van der Waals surface area contributed by atoms with E-state index in [1.165, 1.54) is 4.90 Å². The lowest BCUT2D eigenvalue weighted by atomic mass is 10.1. The fourth-order valence-corrected chi connectivity index (χ4v) is 2.58. The Balaban J connectivity index is 2.34. The van der Waals surface area contributed by atoms with Gasteiger partial charge in [0.2, 0.25) is 0 Å². The second-order valence-corrected chi connectivity index (χ2v) is 4.98. The van der Waals surface area contributed by atoms with Crippen LogP contribution in [0.5, 0.6) is 0 Å². The lowest BCUT2D eigenvalue weighted by Crippen LogP contribution is -2.44. The van der Waals surface area contributed by atoms with E-state index in [0.717, 1.165) is 19.3 Å². The van der Waals surface area contributed by atoms with E-state index in [-0.39, 0.29) is 12.6 Å². The van der Waals surface area contributed by atoms with Gasteiger partial charge in [-0.3, -0.25) is 4.79 Å². The highest BCUT2D eigenvalue weighted by molar-refractivity contribution is 5.95. The van der Waals surface area contributed by atoms with Gasteiger partial charge in [-0.2, -0.15) is 0 Å². The van der Waals surface area contributed by atoms with Crippen LogP contribution in [0.2, 0.25) is 0 Å². The molecule has 2 rings (SSSR count). The molecule has 3 nitrogen and oxygen atoms in total. The summed E-state index contributed by atoms with van der Waals surface area (Å²) in [6, 6.07) is 0.811. The summed E-state index contributed by atoms with van der Waals surface area (Å²) in [7, 11) is 0. The maximum absolute atomic E-state index is 13.7. The molecule has 1 saturated heterocycles. The Bertz CT molecular complexity index is 484. The van der Waals surface area contributed by atoms with Crippen molar-refractivity contribution >= 4 is 5.91 Å². The first-order valence-corrected chi connectivity index (χ1v) is 6.70. The molecular formula is C14H17F3N2O. The summed E-state index contributed by atoms with van der Waals surface area (Å²) in [4.78, 5) is 13.8. The van der Waals surface area contributed by atoms with E-state index in [2.05, 4.69) is 0 Å². The first-order valence-electron chi connectivity index (χ1n) is 6.70. The zero-order valence-electron chi connectivity index (χ0n) is 11.0. The minimum absolute atomic E-state index is 0.228. The van der Waals surface area contributed by atoms with Crippen LogP contribution in [-0.4, -0.2) is 29.9 Å². The van der Waals surface area contributed by atoms with Crippen LogP contribution in [0, 0.1) is 17.5 Å². The summed E-state index contributed by atoms with van der Waals surface area (Å²) >= 11 is 0. The molecule has 20 heavy (non-hydrogen) atoms. The van der Waals surface area contributed by atoms with E-state index in [1.807, 2.05) is 0 Å². The van der Waals surface area contributed by atoms with Crippen molar-refractivity contribution in [2.24, 2.45) is 5.73 Å². The Labute approximate surface area is 115 Å². The van der Waals surface area contributed by atoms with Crippen LogP contribution in [0.1, 0.15) is 36.0 Å². The number of likely N-dealkylation sites (tertiary alicyclic amines) is 1. The number of benzene rings is 1. The molecule has 0 spiro atoms. The smallest absolute Gasteiger partial charge is 0.260 e. The largest absolute Gasteiger partial charge is 0.334 e. The molecule has 0 radical (unpaired) electrons. The number of halogens is 3. The van der Waals surface area contributed by atoms with Gasteiger partial charge in [0.1, 0.15) is 23.0 Å². The summed E-state index contributed by atoms with van der Waals surface area (Å²) in [6.45, 7) is 0.660. The summed E-state index contributed by atoms with van der Waals surface area (Å²) in [5.41, 5.74) is 4.94. The van der Waals surface area contributed by atoms with Crippen molar-refractivity contribution < 1.29 is 18.0 Å². The zero-order chi connectivity index (χ0) is 14.7. The molecule has 1 atom stereocenters. The minimum Gasteiger partial charge on any atom is -0.334 e. The Morgan fingerprint density at radius 3 is 2.45 bits per heavy atom. The highest BCUT2D eigenvalue weighted by Gasteiger charge is 2.29. The van der Waals surface area contributed by atoms with Crippen LogP contribution in [0.15, 0.2) is 12.1 Å². The highest BCUT2D eigenvalue weighted by Crippen LogP contribution is 2.22. The van der Waals surface area contributed by atoms with E-state index >= 15 is 0 Å². The van der Waals surface area contributed by atoms with Gasteiger partial charge in [0, 0.05) is 31.3 Å². The van der Waals surface area contributed by atoms with Crippen molar-refractivity contribution in [2.45, 2.75) is 31.7 Å². The third-order valence-corrected chi connectivity index (χ3v) is 3.63. The van der Waals surface area contributed by atoms with Gasteiger partial charge in [-0.05, 0) is 12.8 Å². The number of amides is 1. The van der Waals surface area contributed by atoms with Crippen molar-refractivity contribution in [1.29, 1.82) is 0 Å². The number of nitrogens with two attached hydrogens (primary N) is 1. The van der Waals surface area contributed by atoms with Gasteiger partial charge in [-0.1, -0.05) is 12.8 Å². The standard InChI is InChI=1S/C14H17F3N2O/c15-9-6-11(16)13(12(17)7-9)14(20)19-5-3-1-2-4-10(19)8-18/h6-7,10H,1-5,8,18H2. The van der Waals surface area contributed by atoms with Gasteiger partial charge in [0.25, 0.3) is 5.91 Å². The Morgan fingerprint density at radius 2 is 1.85 bits per heavy atom. The maximum Gasteiger partial charge on any atom is 0.260 e. The van der Waals surface area contributed by atoms with Gasteiger partial charge < -0.3 is 10.6 Å². The van der Waals surface area contributed by atoms with Crippen LogP contribution in [0.25, 0.3) is 0 Å². The molecule has 0 aromatic heterocycles. The molecule has 0 saturated carbocycles. The molecule has 6 heteroatoms. The number of hydrogen-bond donors (Lipinski definition) is 1. The summed E-state index contributed by atoms with van der Waals surface area (Å²) in [6.07, 6.45) is 3.37. The van der Waals surface area contributed by atoms with Gasteiger partial charge in [0.15, 0.2) is 0 Å². The molecule has 1 unspecified atom stereocenters. The molecule has 1 aliphatic heterocycles. The first-order chi connectivity index (χ1) is 9.54. The third-order valence-electron chi connectivity index (χ3n) is 3.63. The van der Waals surface area contributed by atoms with E-state index in [0.29, 0.717) is 25.1 Å². The Morgan fingerprint density at radius 1 is 1.20 bits per heavy atom. The van der Waals surface area contributed by atoms with Crippen LogP contribution >= 0.6 is 0 Å². The molecule has 1 fully saturated rings. The minimum atomic E-state index is -1.17. The Hall–Kier alpha value is -1.56. The zero-order valence-corrected chi connectivity index (χ0v) is 11.0. The SMILES string of the molecule is NCC1CCCCCN1C(=O)c1c(F)cc(F)cc1F. The molecule has 1 aromatic carbocycles. The average Bonchev–Trinajstić information content (AvgIpc) is 2.62. The molecule has 110 valence electrons. The summed E-state index contributed by atoms with van der Waals surface area (Å²) < 4.78 is 40.3. The molecule has 1 aliphatic rings. The number of carbonyl (C=O) groups is 1. The van der Waals surface area contributed by atoms with Gasteiger partial charge >= 0.3 is 0 Å². The van der Waals surface area contributed by atoms with Gasteiger partial charge in [-0.15, -0.1) is 0 Å². The van der Waals surface area contributed by atoms with Crippen LogP contribution in [0.3, 0.4) is 0 Å². The molecule has 1 aromatic rings. The average molecular weight is 286 g/mol. The van der Waals surface area contributed by atoms with Crippen molar-refractivity contribution in [2.75, 3.05) is 13.1 Å². The molecule has 1 heterocycles. The number of hydrogen-bond acceptors (Lipinski definition) is 2. The van der Waals surface area contributed by atoms with Crippen molar-refractivity contribution in [1.82, 2.24) is 4.90 Å². The second-order valence-electron chi connectivity index (χ2n) is 4.98. The topological polar surface area (TPSA) is 46.3 Å². The maximum atomic E-state index is 13.7. The Kier molecular flexibility index (Phi) is 4.65. The van der Waals surface area contributed by atoms with Crippen LogP contribution < -0.4 is 5.73 Å². The number of rotatable bonds is 2. The van der Waals surface area contributed by atoms with E-state index < -0.39 is 28.9 Å². The van der Waals surface area contributed by atoms with Crippen molar-refractivity contribution in [3.63, 3.8) is 0 Å². The molecule has 1 amide bonds. The first kappa shape index (κ1) is 14.8. The molecule has 0 aliphatic carbocycles. The number of nitrogens with zero attached hydrogens (tertiary/aromatic N) is 1. The molecular weight excluding hydrogens is 269 g/mol. The number of carbonyl (C=O) groups excluding carboxylic acids is 1. The predicted molar refractivity (Wildman–Crippen MR) is 68.7 cm³/mol. The van der Waals surface area contributed by atoms with Gasteiger partial charge in [0.05, 0.1) is 0 Å². The lowest BCUT2D eigenvalue weighted by Gasteiger charge is -2.29. The van der Waals surface area contributed by atoms with Gasteiger partial charge in [-0.25, -0.2) is 13.2 Å². The van der Waals surface area contributed by atoms with Crippen molar-refractivity contribution in [3.05, 3.63) is 35.1 Å². The quantitative estimate of drug-likeness (QED) is 0.907. The summed E-state index contributed by atoms with van der Waals surface area (Å²) in [5, 5.41) is 0.